The summed E-state index contributed by atoms with van der Waals surface area (Å²) in [7, 11) is 1.23. The number of aromatic nitrogens is 3. The molecule has 0 radical (unpaired) electrons. The van der Waals surface area contributed by atoms with E-state index < -0.39 is 11.7 Å². The summed E-state index contributed by atoms with van der Waals surface area (Å²) in [6, 6.07) is 2.34. The predicted molar refractivity (Wildman–Crippen MR) is 75.8 cm³/mol. The van der Waals surface area contributed by atoms with Gasteiger partial charge in [-0.1, -0.05) is 0 Å². The quantitative estimate of drug-likeness (QED) is 0.921. The molecule has 1 aromatic carbocycles. The van der Waals surface area contributed by atoms with Crippen LogP contribution in [0.5, 0.6) is 5.75 Å². The molecule has 22 heavy (non-hydrogen) atoms. The van der Waals surface area contributed by atoms with Gasteiger partial charge in [0.05, 0.1) is 19.2 Å². The van der Waals surface area contributed by atoms with Crippen LogP contribution in [0.25, 0.3) is 0 Å². The number of nitrogens with zero attached hydrogens (tertiary/aromatic N) is 3. The van der Waals surface area contributed by atoms with Gasteiger partial charge in [-0.25, -0.2) is 4.98 Å². The lowest BCUT2D eigenvalue weighted by molar-refractivity contribution is -0.138. The van der Waals surface area contributed by atoms with Gasteiger partial charge in [-0.3, -0.25) is 4.68 Å². The van der Waals surface area contributed by atoms with Crippen molar-refractivity contribution in [3.05, 3.63) is 35.9 Å². The lowest BCUT2D eigenvalue weighted by Crippen LogP contribution is -2.23. The summed E-state index contributed by atoms with van der Waals surface area (Å²) < 4.78 is 45.6. The van der Waals surface area contributed by atoms with Crippen LogP contribution >= 0.6 is 0 Å². The number of nitrogens with one attached hydrogen (secondary N) is 1. The van der Waals surface area contributed by atoms with Crippen LogP contribution in [0.3, 0.4) is 0 Å². The van der Waals surface area contributed by atoms with Gasteiger partial charge in [-0.15, -0.1) is 0 Å². The van der Waals surface area contributed by atoms with E-state index in [1.165, 1.54) is 19.5 Å². The molecule has 0 fully saturated rings. The maximum Gasteiger partial charge on any atom is 0.420 e. The minimum Gasteiger partial charge on any atom is -0.496 e. The van der Waals surface area contributed by atoms with E-state index >= 15 is 0 Å². The van der Waals surface area contributed by atoms with Gasteiger partial charge in [-0.05, 0) is 31.5 Å². The number of methoxy groups -OCH3 is 1. The number of anilines is 1. The second-order valence-electron chi connectivity index (χ2n) is 5.03. The number of benzene rings is 1. The highest BCUT2D eigenvalue weighted by atomic mass is 19.4. The van der Waals surface area contributed by atoms with Gasteiger partial charge in [0.25, 0.3) is 0 Å². The van der Waals surface area contributed by atoms with Crippen molar-refractivity contribution in [2.75, 3.05) is 12.4 Å². The molecule has 0 unspecified atom stereocenters. The fourth-order valence-corrected chi connectivity index (χ4v) is 2.15. The summed E-state index contributed by atoms with van der Waals surface area (Å²) in [4.78, 5) is 3.83. The SMILES string of the molecule is COc1cc(C)c(N[C@@H](C)Cn2cncn2)cc1C(F)(F)F. The number of ether oxygens (including phenoxy) is 1. The van der Waals surface area contributed by atoms with Gasteiger partial charge in [0.1, 0.15) is 18.4 Å². The molecule has 0 spiro atoms. The number of halogens is 3. The Morgan fingerprint density at radius 1 is 1.36 bits per heavy atom. The molecule has 2 aromatic rings. The number of aryl methyl sites for hydroxylation is 1. The van der Waals surface area contributed by atoms with E-state index in [0.29, 0.717) is 17.8 Å². The van der Waals surface area contributed by atoms with Crippen molar-refractivity contribution in [2.45, 2.75) is 32.6 Å². The van der Waals surface area contributed by atoms with Crippen molar-refractivity contribution in [1.29, 1.82) is 0 Å². The maximum absolute atomic E-state index is 13.1. The Bertz CT molecular complexity index is 626. The molecule has 0 aliphatic carbocycles. The van der Waals surface area contributed by atoms with Crippen LogP contribution in [0.4, 0.5) is 18.9 Å². The first-order valence-corrected chi connectivity index (χ1v) is 6.66. The predicted octanol–water partition coefficient (Wildman–Crippen LogP) is 3.11. The summed E-state index contributed by atoms with van der Waals surface area (Å²) in [5.74, 6) is -0.181. The molecule has 0 aliphatic heterocycles. The topological polar surface area (TPSA) is 52.0 Å². The first-order valence-electron chi connectivity index (χ1n) is 6.66. The molecular formula is C14H17F3N4O. The van der Waals surface area contributed by atoms with Gasteiger partial charge < -0.3 is 10.1 Å². The normalized spacial score (nSPS) is 13.0. The van der Waals surface area contributed by atoms with Crippen LogP contribution in [0.2, 0.25) is 0 Å². The number of hydrogen-bond donors (Lipinski definition) is 1. The summed E-state index contributed by atoms with van der Waals surface area (Å²) in [6.07, 6.45) is -1.50. The lowest BCUT2D eigenvalue weighted by atomic mass is 10.1. The minimum atomic E-state index is -4.47. The number of rotatable bonds is 5. The van der Waals surface area contributed by atoms with Crippen molar-refractivity contribution in [1.82, 2.24) is 14.8 Å². The highest BCUT2D eigenvalue weighted by molar-refractivity contribution is 5.58. The third kappa shape index (κ3) is 3.69. The molecule has 0 amide bonds. The molecule has 0 aliphatic rings. The van der Waals surface area contributed by atoms with Crippen LogP contribution < -0.4 is 10.1 Å². The van der Waals surface area contributed by atoms with Crippen molar-refractivity contribution < 1.29 is 17.9 Å². The summed E-state index contributed by atoms with van der Waals surface area (Å²) in [5.41, 5.74) is 0.298. The first-order chi connectivity index (χ1) is 10.3. The number of alkyl halides is 3. The summed E-state index contributed by atoms with van der Waals surface area (Å²) >= 11 is 0. The molecule has 5 nitrogen and oxygen atoms in total. The molecule has 1 atom stereocenters. The van der Waals surface area contributed by atoms with Crippen molar-refractivity contribution >= 4 is 5.69 Å². The molecule has 0 bridgehead atoms. The first kappa shape index (κ1) is 16.1. The van der Waals surface area contributed by atoms with Crippen LogP contribution in [0, 0.1) is 6.92 Å². The van der Waals surface area contributed by atoms with Gasteiger partial charge in [-0.2, -0.15) is 18.3 Å². The van der Waals surface area contributed by atoms with Crippen molar-refractivity contribution in [3.63, 3.8) is 0 Å². The molecule has 1 N–H and O–H groups in total. The summed E-state index contributed by atoms with van der Waals surface area (Å²) in [6.45, 7) is 4.08. The zero-order valence-electron chi connectivity index (χ0n) is 12.5. The fourth-order valence-electron chi connectivity index (χ4n) is 2.15. The molecular weight excluding hydrogens is 297 g/mol. The Morgan fingerprint density at radius 3 is 2.64 bits per heavy atom. The van der Waals surface area contributed by atoms with Crippen molar-refractivity contribution in [3.8, 4) is 5.75 Å². The molecule has 8 heteroatoms. The van der Waals surface area contributed by atoms with Gasteiger partial charge >= 0.3 is 6.18 Å². The Kier molecular flexibility index (Phi) is 4.58. The molecule has 1 heterocycles. The lowest BCUT2D eigenvalue weighted by Gasteiger charge is -2.20. The van der Waals surface area contributed by atoms with Crippen LogP contribution in [0.1, 0.15) is 18.1 Å². The van der Waals surface area contributed by atoms with E-state index in [1.807, 2.05) is 6.92 Å². The maximum atomic E-state index is 13.1. The smallest absolute Gasteiger partial charge is 0.420 e. The second kappa shape index (κ2) is 6.25. The van der Waals surface area contributed by atoms with Crippen molar-refractivity contribution in [2.24, 2.45) is 0 Å². The highest BCUT2D eigenvalue weighted by Crippen LogP contribution is 2.39. The van der Waals surface area contributed by atoms with Gasteiger partial charge in [0, 0.05) is 11.7 Å². The Morgan fingerprint density at radius 2 is 2.09 bits per heavy atom. The fraction of sp³-hybridized carbons (Fsp3) is 0.429. The minimum absolute atomic E-state index is 0.116. The van der Waals surface area contributed by atoms with E-state index in [0.717, 1.165) is 6.07 Å². The van der Waals surface area contributed by atoms with Crippen LogP contribution in [0.15, 0.2) is 24.8 Å². The molecule has 120 valence electrons. The monoisotopic (exact) mass is 314 g/mol. The zero-order chi connectivity index (χ0) is 16.3. The third-order valence-corrected chi connectivity index (χ3v) is 3.18. The van der Waals surface area contributed by atoms with E-state index in [1.54, 1.807) is 17.9 Å². The highest BCUT2D eigenvalue weighted by Gasteiger charge is 2.35. The summed E-state index contributed by atoms with van der Waals surface area (Å²) in [5, 5.41) is 7.04. The molecule has 0 saturated carbocycles. The van der Waals surface area contributed by atoms with Gasteiger partial charge in [0.2, 0.25) is 0 Å². The molecule has 0 saturated heterocycles. The average molecular weight is 314 g/mol. The largest absolute Gasteiger partial charge is 0.496 e. The molecule has 1 aromatic heterocycles. The number of hydrogen-bond acceptors (Lipinski definition) is 4. The van der Waals surface area contributed by atoms with E-state index in [4.69, 9.17) is 4.74 Å². The van der Waals surface area contributed by atoms with Crippen LogP contribution in [-0.2, 0) is 12.7 Å². The van der Waals surface area contributed by atoms with E-state index in [2.05, 4.69) is 15.4 Å². The van der Waals surface area contributed by atoms with Crippen LogP contribution in [-0.4, -0.2) is 27.9 Å². The zero-order valence-corrected chi connectivity index (χ0v) is 12.5. The average Bonchev–Trinajstić information content (AvgIpc) is 2.92. The Labute approximate surface area is 126 Å². The van der Waals surface area contributed by atoms with Gasteiger partial charge in [0.15, 0.2) is 0 Å². The Balaban J connectivity index is 2.23. The van der Waals surface area contributed by atoms with E-state index in [9.17, 15) is 13.2 Å². The van der Waals surface area contributed by atoms with E-state index in [-0.39, 0.29) is 11.8 Å². The molecule has 2 rings (SSSR count). The third-order valence-electron chi connectivity index (χ3n) is 3.18. The standard InChI is InChI=1S/C14H17F3N4O/c1-9-4-13(22-3)11(14(15,16)17)5-12(9)20-10(2)6-21-8-18-7-19-21/h4-5,7-8,10,20H,6H2,1-3H3/t10-/m0/s1. The second-order valence-corrected chi connectivity index (χ2v) is 5.03. The Hall–Kier alpha value is -2.25.